The Kier molecular flexibility index (Phi) is 5.67. The van der Waals surface area contributed by atoms with Gasteiger partial charge in [0.1, 0.15) is 0 Å². The van der Waals surface area contributed by atoms with Crippen LogP contribution in [0.2, 0.25) is 0 Å². The molecule has 8 nitrogen and oxygen atoms in total. The van der Waals surface area contributed by atoms with Gasteiger partial charge in [-0.2, -0.15) is 0 Å². The van der Waals surface area contributed by atoms with Crippen LogP contribution in [0.3, 0.4) is 0 Å². The van der Waals surface area contributed by atoms with Gasteiger partial charge in [0.15, 0.2) is 10.9 Å². The molecular weight excluding hydrogens is 390 g/mol. The summed E-state index contributed by atoms with van der Waals surface area (Å²) in [5.41, 5.74) is 2.23. The highest BCUT2D eigenvalue weighted by molar-refractivity contribution is 7.99. The maximum atomic E-state index is 12.9. The molecule has 1 aliphatic heterocycles. The number of ether oxygens (including phenoxy) is 1. The summed E-state index contributed by atoms with van der Waals surface area (Å²) in [5, 5.41) is 9.61. The Morgan fingerprint density at radius 1 is 1.21 bits per heavy atom. The Balaban J connectivity index is 1.49. The van der Waals surface area contributed by atoms with Crippen LogP contribution in [-0.4, -0.2) is 57.0 Å². The van der Waals surface area contributed by atoms with Gasteiger partial charge in [-0.3, -0.25) is 9.36 Å². The van der Waals surface area contributed by atoms with Gasteiger partial charge < -0.3 is 14.6 Å². The molecule has 0 bridgehead atoms. The van der Waals surface area contributed by atoms with E-state index in [1.54, 1.807) is 20.8 Å². The van der Waals surface area contributed by atoms with E-state index in [9.17, 15) is 9.59 Å². The Labute approximate surface area is 174 Å². The number of hydrogen-bond donors (Lipinski definition) is 1. The number of Topliss-reactive ketones (excluding diaryl/α,β-unsaturated/α-hetero) is 1. The smallest absolute Gasteiger partial charge is 0.340 e. The van der Waals surface area contributed by atoms with Crippen molar-refractivity contribution >= 4 is 29.5 Å². The van der Waals surface area contributed by atoms with Gasteiger partial charge in [-0.15, -0.1) is 10.2 Å². The maximum Gasteiger partial charge on any atom is 0.340 e. The quantitative estimate of drug-likeness (QED) is 0.400. The second-order valence-electron chi connectivity index (χ2n) is 7.64. The number of nitrogens with zero attached hydrogens (tertiary/aromatic N) is 4. The average molecular weight is 418 g/mol. The first-order chi connectivity index (χ1) is 14.0. The number of aryl methyl sites for hydroxylation is 1. The summed E-state index contributed by atoms with van der Waals surface area (Å²) >= 11 is 1.42. The van der Waals surface area contributed by atoms with Crippen molar-refractivity contribution in [1.29, 1.82) is 0 Å². The van der Waals surface area contributed by atoms with E-state index in [1.165, 1.54) is 24.6 Å². The molecule has 2 fully saturated rings. The van der Waals surface area contributed by atoms with E-state index < -0.39 is 5.97 Å². The summed E-state index contributed by atoms with van der Waals surface area (Å²) in [6.07, 6.45) is 4.65. The zero-order valence-electron chi connectivity index (χ0n) is 17.2. The van der Waals surface area contributed by atoms with Crippen LogP contribution in [0.1, 0.15) is 70.8 Å². The minimum atomic E-state index is -0.394. The number of rotatable bonds is 8. The molecule has 29 heavy (non-hydrogen) atoms. The molecule has 0 unspecified atom stereocenters. The van der Waals surface area contributed by atoms with Crippen molar-refractivity contribution in [3.05, 3.63) is 22.5 Å². The number of aromatic amines is 1. The number of ketones is 1. The summed E-state index contributed by atoms with van der Waals surface area (Å²) in [7, 11) is 0. The van der Waals surface area contributed by atoms with Crippen molar-refractivity contribution < 1.29 is 14.3 Å². The number of esters is 1. The van der Waals surface area contributed by atoms with Crippen molar-refractivity contribution in [3.63, 3.8) is 0 Å². The van der Waals surface area contributed by atoms with Gasteiger partial charge in [0.05, 0.1) is 23.6 Å². The minimum Gasteiger partial charge on any atom is -0.462 e. The molecule has 1 saturated carbocycles. The highest BCUT2D eigenvalue weighted by Gasteiger charge is 2.33. The lowest BCUT2D eigenvalue weighted by atomic mass is 10.1. The average Bonchev–Trinajstić information content (AvgIpc) is 3.10. The van der Waals surface area contributed by atoms with Gasteiger partial charge in [-0.1, -0.05) is 11.8 Å². The van der Waals surface area contributed by atoms with E-state index in [1.807, 2.05) is 0 Å². The number of H-pyrrole nitrogens is 1. The van der Waals surface area contributed by atoms with Crippen molar-refractivity contribution in [2.75, 3.05) is 30.3 Å². The second-order valence-corrected chi connectivity index (χ2v) is 8.58. The van der Waals surface area contributed by atoms with Crippen molar-refractivity contribution in [3.8, 4) is 0 Å². The molecule has 0 radical (unpaired) electrons. The highest BCUT2D eigenvalue weighted by atomic mass is 32.2. The third-order valence-corrected chi connectivity index (χ3v) is 6.42. The molecule has 156 valence electrons. The van der Waals surface area contributed by atoms with E-state index in [0.717, 1.165) is 37.0 Å². The fraction of sp³-hybridized carbons (Fsp3) is 0.600. The van der Waals surface area contributed by atoms with Gasteiger partial charge in [0.2, 0.25) is 5.95 Å². The predicted molar refractivity (Wildman–Crippen MR) is 111 cm³/mol. The van der Waals surface area contributed by atoms with Crippen LogP contribution >= 0.6 is 11.8 Å². The van der Waals surface area contributed by atoms with Crippen LogP contribution in [-0.2, 0) is 4.74 Å². The van der Waals surface area contributed by atoms with E-state index in [4.69, 9.17) is 4.74 Å². The molecule has 1 aliphatic carbocycles. The third-order valence-electron chi connectivity index (χ3n) is 5.48. The molecule has 0 atom stereocenters. The normalized spacial score (nSPS) is 16.4. The molecule has 3 heterocycles. The number of aromatic nitrogens is 4. The molecule has 1 N–H and O–H groups in total. The molecule has 9 heteroatoms. The van der Waals surface area contributed by atoms with E-state index in [-0.39, 0.29) is 11.5 Å². The second kappa shape index (κ2) is 8.22. The number of nitrogens with one attached hydrogen (secondary N) is 1. The number of anilines is 1. The van der Waals surface area contributed by atoms with Gasteiger partial charge in [-0.05, 0) is 52.0 Å². The number of carbonyl (C=O) groups excluding carboxylic acids is 2. The van der Waals surface area contributed by atoms with Crippen molar-refractivity contribution in [2.45, 2.75) is 57.7 Å². The van der Waals surface area contributed by atoms with Crippen LogP contribution < -0.4 is 4.90 Å². The zero-order valence-corrected chi connectivity index (χ0v) is 18.0. The zero-order chi connectivity index (χ0) is 20.5. The Bertz CT molecular complexity index is 925. The molecule has 0 spiro atoms. The molecule has 4 rings (SSSR count). The lowest BCUT2D eigenvalue weighted by Crippen LogP contribution is -2.22. The summed E-state index contributed by atoms with van der Waals surface area (Å²) in [6, 6.07) is 0.447. The van der Waals surface area contributed by atoms with Gasteiger partial charge in [-0.25, -0.2) is 4.79 Å². The molecule has 2 aromatic heterocycles. The van der Waals surface area contributed by atoms with Gasteiger partial charge in [0, 0.05) is 24.8 Å². The van der Waals surface area contributed by atoms with Gasteiger partial charge in [0.25, 0.3) is 0 Å². The van der Waals surface area contributed by atoms with Crippen LogP contribution in [0.5, 0.6) is 0 Å². The number of thioether (sulfide) groups is 1. The highest BCUT2D eigenvalue weighted by Crippen LogP contribution is 2.41. The minimum absolute atomic E-state index is 0.0563. The Hall–Kier alpha value is -2.29. The predicted octanol–water partition coefficient (Wildman–Crippen LogP) is 3.31. The number of carbonyl (C=O) groups is 2. The van der Waals surface area contributed by atoms with Crippen molar-refractivity contribution in [1.82, 2.24) is 19.7 Å². The van der Waals surface area contributed by atoms with Crippen LogP contribution in [0, 0.1) is 13.8 Å². The lowest BCUT2D eigenvalue weighted by molar-refractivity contribution is 0.0525. The molecule has 1 saturated heterocycles. The van der Waals surface area contributed by atoms with Crippen LogP contribution in [0.25, 0.3) is 0 Å². The monoisotopic (exact) mass is 417 g/mol. The Morgan fingerprint density at radius 3 is 2.59 bits per heavy atom. The molecular formula is C20H27N5O3S. The first-order valence-corrected chi connectivity index (χ1v) is 11.2. The summed E-state index contributed by atoms with van der Waals surface area (Å²) in [5.74, 6) is 0.735. The Morgan fingerprint density at radius 2 is 1.93 bits per heavy atom. The third kappa shape index (κ3) is 3.92. The summed E-state index contributed by atoms with van der Waals surface area (Å²) < 4.78 is 7.32. The molecule has 2 aromatic rings. The standard InChI is InChI=1S/C20H27N5O3S/c1-4-28-18(27)16-12(2)17(21-13(16)3)15(26)11-29-20-23-22-19(24-9-5-6-10-24)25(20)14-7-8-14/h14,21H,4-11H2,1-3H3. The summed E-state index contributed by atoms with van der Waals surface area (Å²) in [4.78, 5) is 30.4. The summed E-state index contributed by atoms with van der Waals surface area (Å²) in [6.45, 7) is 7.68. The first kappa shape index (κ1) is 20.0. The molecule has 0 aromatic carbocycles. The maximum absolute atomic E-state index is 12.9. The lowest BCUT2D eigenvalue weighted by Gasteiger charge is -2.17. The largest absolute Gasteiger partial charge is 0.462 e. The first-order valence-electron chi connectivity index (χ1n) is 10.2. The van der Waals surface area contributed by atoms with Gasteiger partial charge >= 0.3 is 5.97 Å². The van der Waals surface area contributed by atoms with Crippen LogP contribution in [0.4, 0.5) is 5.95 Å². The molecule has 0 amide bonds. The van der Waals surface area contributed by atoms with Crippen molar-refractivity contribution in [2.24, 2.45) is 0 Å². The fourth-order valence-corrected chi connectivity index (χ4v) is 4.77. The SMILES string of the molecule is CCOC(=O)c1c(C)[nH]c(C(=O)CSc2nnc(N3CCCC3)n2C2CC2)c1C. The van der Waals surface area contributed by atoms with E-state index in [2.05, 4.69) is 24.6 Å². The van der Waals surface area contributed by atoms with E-state index in [0.29, 0.717) is 35.2 Å². The topological polar surface area (TPSA) is 93.1 Å². The molecule has 2 aliphatic rings. The fourth-order valence-electron chi connectivity index (χ4n) is 3.89. The number of hydrogen-bond acceptors (Lipinski definition) is 7. The van der Waals surface area contributed by atoms with Crippen LogP contribution in [0.15, 0.2) is 5.16 Å². The van der Waals surface area contributed by atoms with E-state index >= 15 is 0 Å².